The minimum Gasteiger partial charge on any atom is -0.494 e. The molecule has 1 aliphatic rings. The van der Waals surface area contributed by atoms with Crippen molar-refractivity contribution < 1.29 is 18.9 Å². The van der Waals surface area contributed by atoms with Crippen molar-refractivity contribution in [2.24, 2.45) is 0 Å². The molecule has 2 heterocycles. The highest BCUT2D eigenvalue weighted by molar-refractivity contribution is 6.30. The van der Waals surface area contributed by atoms with Gasteiger partial charge in [-0.05, 0) is 54.8 Å². The average molecular weight is 527 g/mol. The second-order valence-corrected chi connectivity index (χ2v) is 9.92. The van der Waals surface area contributed by atoms with E-state index in [0.717, 1.165) is 30.8 Å². The molecule has 3 aromatic rings. The number of ether oxygens (including phenoxy) is 4. The molecule has 0 aliphatic carbocycles. The third kappa shape index (κ3) is 8.07. The number of methoxy groups -OCH3 is 1. The van der Waals surface area contributed by atoms with E-state index in [1.807, 2.05) is 49.5 Å². The normalized spacial score (nSPS) is 18.4. The van der Waals surface area contributed by atoms with E-state index in [0.29, 0.717) is 50.3 Å². The van der Waals surface area contributed by atoms with Crippen molar-refractivity contribution >= 4 is 11.6 Å². The van der Waals surface area contributed by atoms with E-state index in [-0.39, 0.29) is 5.56 Å². The van der Waals surface area contributed by atoms with E-state index in [9.17, 15) is 4.79 Å². The van der Waals surface area contributed by atoms with Crippen molar-refractivity contribution in [1.29, 1.82) is 0 Å². The van der Waals surface area contributed by atoms with Crippen LogP contribution in [0.3, 0.4) is 0 Å². The summed E-state index contributed by atoms with van der Waals surface area (Å²) in [4.78, 5) is 14.2. The molecule has 4 rings (SSSR count). The maximum absolute atomic E-state index is 11.9. The number of halogens is 1. The summed E-state index contributed by atoms with van der Waals surface area (Å²) in [6.45, 7) is 6.87. The van der Waals surface area contributed by atoms with Crippen LogP contribution in [0.1, 0.15) is 17.5 Å². The van der Waals surface area contributed by atoms with Gasteiger partial charge in [0.05, 0.1) is 19.8 Å². The van der Waals surface area contributed by atoms with Gasteiger partial charge in [-0.25, -0.2) is 0 Å². The molecule has 0 unspecified atom stereocenters. The van der Waals surface area contributed by atoms with Crippen molar-refractivity contribution in [3.63, 3.8) is 0 Å². The Balaban J connectivity index is 1.28. The zero-order valence-corrected chi connectivity index (χ0v) is 22.3. The predicted molar refractivity (Wildman–Crippen MR) is 145 cm³/mol. The summed E-state index contributed by atoms with van der Waals surface area (Å²) >= 11 is 6.09. The topological polar surface area (TPSA) is 62.2 Å². The molecule has 7 nitrogen and oxygen atoms in total. The van der Waals surface area contributed by atoms with E-state index in [1.54, 1.807) is 23.8 Å². The van der Waals surface area contributed by atoms with Crippen molar-refractivity contribution in [2.45, 2.75) is 32.0 Å². The van der Waals surface area contributed by atoms with Crippen LogP contribution in [0.4, 0.5) is 0 Å². The Bertz CT molecular complexity index is 1200. The van der Waals surface area contributed by atoms with Crippen LogP contribution in [0.5, 0.6) is 11.5 Å². The highest BCUT2D eigenvalue weighted by Gasteiger charge is 2.36. The van der Waals surface area contributed by atoms with Crippen LogP contribution >= 0.6 is 11.6 Å². The molecular formula is C29H35ClN2O5. The van der Waals surface area contributed by atoms with E-state index in [1.165, 1.54) is 5.56 Å². The first-order valence-corrected chi connectivity index (χ1v) is 12.9. The van der Waals surface area contributed by atoms with Gasteiger partial charge in [0.2, 0.25) is 0 Å². The fraction of sp³-hybridized carbons (Fsp3) is 0.414. The fourth-order valence-corrected chi connectivity index (χ4v) is 4.54. The number of hydrogen-bond donors (Lipinski definition) is 0. The third-order valence-corrected chi connectivity index (χ3v) is 6.67. The van der Waals surface area contributed by atoms with Crippen LogP contribution in [-0.2, 0) is 22.6 Å². The van der Waals surface area contributed by atoms with Crippen molar-refractivity contribution in [3.8, 4) is 11.5 Å². The second-order valence-electron chi connectivity index (χ2n) is 9.48. The van der Waals surface area contributed by atoms with Crippen LogP contribution in [0.2, 0.25) is 5.02 Å². The molecule has 2 aromatic carbocycles. The van der Waals surface area contributed by atoms with E-state index in [4.69, 9.17) is 30.5 Å². The molecule has 0 amide bonds. The molecule has 0 bridgehead atoms. The minimum absolute atomic E-state index is 0.0161. The van der Waals surface area contributed by atoms with Crippen LogP contribution in [-0.4, -0.2) is 61.7 Å². The largest absolute Gasteiger partial charge is 0.494 e. The molecule has 1 saturated heterocycles. The molecule has 1 atom stereocenters. The maximum Gasteiger partial charge on any atom is 0.250 e. The van der Waals surface area contributed by atoms with Gasteiger partial charge in [0.1, 0.15) is 23.7 Å². The Kier molecular flexibility index (Phi) is 9.63. The summed E-state index contributed by atoms with van der Waals surface area (Å²) in [5.74, 6) is 1.53. The summed E-state index contributed by atoms with van der Waals surface area (Å²) in [5, 5.41) is 0.636. The standard InChI is InChI=1S/C29H35ClN2O5/c1-23-7-12-28(33)32(18-23)13-4-15-36-26-10-8-24(9-11-26)19-31-14-16-35-21-29(20-31,34-2)22-37-27-6-3-5-25(30)17-27/h3,5-12,17-18H,4,13-16,19-22H2,1-2H3/t29-/m1/s1. The Morgan fingerprint density at radius 3 is 2.68 bits per heavy atom. The Hall–Kier alpha value is -2.84. The molecular weight excluding hydrogens is 492 g/mol. The Morgan fingerprint density at radius 2 is 1.89 bits per heavy atom. The molecule has 0 N–H and O–H groups in total. The molecule has 1 aromatic heterocycles. The summed E-state index contributed by atoms with van der Waals surface area (Å²) < 4.78 is 25.5. The summed E-state index contributed by atoms with van der Waals surface area (Å²) in [6, 6.07) is 19.0. The van der Waals surface area contributed by atoms with Crippen molar-refractivity contribution in [2.75, 3.05) is 46.6 Å². The maximum atomic E-state index is 11.9. The highest BCUT2D eigenvalue weighted by atomic mass is 35.5. The fourth-order valence-electron chi connectivity index (χ4n) is 4.36. The Labute approximate surface area is 223 Å². The number of hydrogen-bond acceptors (Lipinski definition) is 6. The zero-order chi connectivity index (χ0) is 26.1. The smallest absolute Gasteiger partial charge is 0.250 e. The lowest BCUT2D eigenvalue weighted by molar-refractivity contribution is -0.0925. The summed E-state index contributed by atoms with van der Waals surface area (Å²) in [6.07, 6.45) is 2.64. The quantitative estimate of drug-likeness (QED) is 0.341. The van der Waals surface area contributed by atoms with Gasteiger partial charge in [-0.3, -0.25) is 9.69 Å². The summed E-state index contributed by atoms with van der Waals surface area (Å²) in [5.41, 5.74) is 1.69. The number of aromatic nitrogens is 1. The van der Waals surface area contributed by atoms with Gasteiger partial charge in [-0.15, -0.1) is 0 Å². The molecule has 0 saturated carbocycles. The number of pyridine rings is 1. The van der Waals surface area contributed by atoms with Crippen LogP contribution in [0.25, 0.3) is 0 Å². The van der Waals surface area contributed by atoms with Gasteiger partial charge in [-0.2, -0.15) is 0 Å². The van der Waals surface area contributed by atoms with Crippen molar-refractivity contribution in [3.05, 3.63) is 93.4 Å². The SMILES string of the molecule is CO[C@@]1(COc2cccc(Cl)c2)COCCN(Cc2ccc(OCCCn3cc(C)ccc3=O)cc2)C1. The van der Waals surface area contributed by atoms with Gasteiger partial charge in [0, 0.05) is 50.6 Å². The molecule has 37 heavy (non-hydrogen) atoms. The molecule has 1 fully saturated rings. The zero-order valence-electron chi connectivity index (χ0n) is 21.5. The number of aryl methyl sites for hydroxylation is 2. The van der Waals surface area contributed by atoms with Gasteiger partial charge in [0.25, 0.3) is 5.56 Å². The number of rotatable bonds is 11. The lowest BCUT2D eigenvalue weighted by Crippen LogP contribution is -2.50. The number of benzene rings is 2. The van der Waals surface area contributed by atoms with Crippen LogP contribution in [0, 0.1) is 6.92 Å². The predicted octanol–water partition coefficient (Wildman–Crippen LogP) is 4.58. The number of nitrogens with zero attached hydrogens (tertiary/aromatic N) is 2. The van der Waals surface area contributed by atoms with Crippen molar-refractivity contribution in [1.82, 2.24) is 9.47 Å². The monoisotopic (exact) mass is 526 g/mol. The van der Waals surface area contributed by atoms with E-state index in [2.05, 4.69) is 17.0 Å². The lowest BCUT2D eigenvalue weighted by atomic mass is 10.1. The third-order valence-electron chi connectivity index (χ3n) is 6.43. The average Bonchev–Trinajstić information content (AvgIpc) is 3.11. The second kappa shape index (κ2) is 13.1. The first kappa shape index (κ1) is 27.2. The molecule has 1 aliphatic heterocycles. The van der Waals surface area contributed by atoms with Gasteiger partial charge in [0.15, 0.2) is 0 Å². The van der Waals surface area contributed by atoms with Gasteiger partial charge in [-0.1, -0.05) is 35.9 Å². The molecule has 198 valence electrons. The first-order chi connectivity index (χ1) is 17.9. The molecule has 0 spiro atoms. The first-order valence-electron chi connectivity index (χ1n) is 12.6. The van der Waals surface area contributed by atoms with E-state index >= 15 is 0 Å². The van der Waals surface area contributed by atoms with E-state index < -0.39 is 5.60 Å². The summed E-state index contributed by atoms with van der Waals surface area (Å²) in [7, 11) is 1.70. The highest BCUT2D eigenvalue weighted by Crippen LogP contribution is 2.23. The minimum atomic E-state index is -0.582. The Morgan fingerprint density at radius 1 is 1.05 bits per heavy atom. The molecule has 8 heteroatoms. The lowest BCUT2D eigenvalue weighted by Gasteiger charge is -2.34. The van der Waals surface area contributed by atoms with Gasteiger partial charge >= 0.3 is 0 Å². The van der Waals surface area contributed by atoms with Crippen LogP contribution in [0.15, 0.2) is 71.7 Å². The van der Waals surface area contributed by atoms with Gasteiger partial charge < -0.3 is 23.5 Å². The van der Waals surface area contributed by atoms with Crippen LogP contribution < -0.4 is 15.0 Å². The molecule has 0 radical (unpaired) electrons.